The molecule has 0 atom stereocenters. The first-order chi connectivity index (χ1) is 9.36. The Morgan fingerprint density at radius 3 is 2.45 bits per heavy atom. The maximum absolute atomic E-state index is 5.71. The van der Waals surface area contributed by atoms with Crippen LogP contribution in [0.4, 0.5) is 0 Å². The number of nitrogens with zero attached hydrogens (tertiary/aromatic N) is 1. The quantitative estimate of drug-likeness (QED) is 0.284. The number of hydrogen-bond donors (Lipinski definition) is 2. The average molecular weight is 399 g/mol. The summed E-state index contributed by atoms with van der Waals surface area (Å²) < 4.78 is 11.0. The van der Waals surface area contributed by atoms with Crippen LogP contribution in [0.1, 0.15) is 33.1 Å². The first-order valence-corrected chi connectivity index (χ1v) is 7.54. The van der Waals surface area contributed by atoms with Crippen LogP contribution >= 0.6 is 24.0 Å². The van der Waals surface area contributed by atoms with Gasteiger partial charge in [-0.2, -0.15) is 0 Å². The normalized spacial score (nSPS) is 15.3. The molecule has 1 rings (SSSR count). The van der Waals surface area contributed by atoms with E-state index in [0.717, 1.165) is 71.3 Å². The molecule has 1 aliphatic rings. The Morgan fingerprint density at radius 2 is 1.85 bits per heavy atom. The number of hydrogen-bond acceptors (Lipinski definition) is 3. The minimum Gasteiger partial charge on any atom is -0.381 e. The van der Waals surface area contributed by atoms with Gasteiger partial charge < -0.3 is 20.1 Å². The number of nitrogens with one attached hydrogen (secondary N) is 2. The molecule has 1 fully saturated rings. The van der Waals surface area contributed by atoms with Gasteiger partial charge in [0.1, 0.15) is 0 Å². The van der Waals surface area contributed by atoms with Crippen LogP contribution < -0.4 is 10.6 Å². The van der Waals surface area contributed by atoms with Gasteiger partial charge in [-0.1, -0.05) is 0 Å². The minimum atomic E-state index is 0. The fourth-order valence-electron chi connectivity index (χ4n) is 2.03. The molecule has 1 aliphatic heterocycles. The van der Waals surface area contributed by atoms with Crippen LogP contribution in [0.25, 0.3) is 0 Å². The predicted octanol–water partition coefficient (Wildman–Crippen LogP) is 2.01. The molecule has 0 saturated carbocycles. The zero-order chi connectivity index (χ0) is 13.8. The summed E-state index contributed by atoms with van der Waals surface area (Å²) in [5, 5.41) is 6.42. The number of aliphatic imine (C=N–C) groups is 1. The first kappa shape index (κ1) is 19.9. The van der Waals surface area contributed by atoms with Gasteiger partial charge in [-0.15, -0.1) is 24.0 Å². The lowest BCUT2D eigenvalue weighted by Crippen LogP contribution is -2.37. The molecule has 6 heteroatoms. The lowest BCUT2D eigenvalue weighted by atomic mass is 10.0. The van der Waals surface area contributed by atoms with Gasteiger partial charge in [0.05, 0.1) is 0 Å². The summed E-state index contributed by atoms with van der Waals surface area (Å²) in [6.07, 6.45) is 3.26. The van der Waals surface area contributed by atoms with Crippen molar-refractivity contribution >= 4 is 29.9 Å². The zero-order valence-corrected chi connectivity index (χ0v) is 15.2. The first-order valence-electron chi connectivity index (χ1n) is 7.54. The fourth-order valence-corrected chi connectivity index (χ4v) is 2.03. The van der Waals surface area contributed by atoms with Crippen molar-refractivity contribution in [2.45, 2.75) is 33.1 Å². The van der Waals surface area contributed by atoms with Crippen LogP contribution in [-0.2, 0) is 9.47 Å². The van der Waals surface area contributed by atoms with E-state index in [-0.39, 0.29) is 24.0 Å². The molecule has 0 spiro atoms. The third kappa shape index (κ3) is 9.77. The maximum Gasteiger partial charge on any atom is 0.191 e. The van der Waals surface area contributed by atoms with Gasteiger partial charge in [0.2, 0.25) is 0 Å². The van der Waals surface area contributed by atoms with Crippen molar-refractivity contribution in [1.82, 2.24) is 10.6 Å². The lowest BCUT2D eigenvalue weighted by molar-refractivity contribution is 0.0205. The number of rotatable bonds is 8. The third-order valence-corrected chi connectivity index (χ3v) is 3.10. The van der Waals surface area contributed by atoms with E-state index in [4.69, 9.17) is 9.47 Å². The molecule has 0 amide bonds. The van der Waals surface area contributed by atoms with E-state index in [0.29, 0.717) is 5.92 Å². The van der Waals surface area contributed by atoms with E-state index in [9.17, 15) is 0 Å². The molecule has 0 aromatic carbocycles. The Kier molecular flexibility index (Phi) is 13.8. The third-order valence-electron chi connectivity index (χ3n) is 3.10. The minimum absolute atomic E-state index is 0. The summed E-state index contributed by atoms with van der Waals surface area (Å²) in [4.78, 5) is 4.48. The summed E-state index contributed by atoms with van der Waals surface area (Å²) >= 11 is 0. The van der Waals surface area contributed by atoms with Crippen LogP contribution in [0.15, 0.2) is 4.99 Å². The molecule has 0 aromatic rings. The molecule has 2 N–H and O–H groups in total. The van der Waals surface area contributed by atoms with Crippen molar-refractivity contribution < 1.29 is 9.47 Å². The van der Waals surface area contributed by atoms with Crippen molar-refractivity contribution in [3.8, 4) is 0 Å². The van der Waals surface area contributed by atoms with Gasteiger partial charge >= 0.3 is 0 Å². The monoisotopic (exact) mass is 399 g/mol. The van der Waals surface area contributed by atoms with Gasteiger partial charge in [-0.05, 0) is 39.0 Å². The molecule has 0 bridgehead atoms. The highest BCUT2D eigenvalue weighted by Gasteiger charge is 2.13. The van der Waals surface area contributed by atoms with E-state index in [2.05, 4.69) is 29.5 Å². The van der Waals surface area contributed by atoms with Crippen molar-refractivity contribution in [1.29, 1.82) is 0 Å². The van der Waals surface area contributed by atoms with Crippen molar-refractivity contribution in [3.63, 3.8) is 0 Å². The Balaban J connectivity index is 0.00000361. The van der Waals surface area contributed by atoms with Crippen molar-refractivity contribution in [2.24, 2.45) is 10.9 Å². The largest absolute Gasteiger partial charge is 0.381 e. The molecule has 0 aliphatic carbocycles. The molecular weight excluding hydrogens is 369 g/mol. The Morgan fingerprint density at radius 1 is 1.20 bits per heavy atom. The molecular formula is C14H30IN3O2. The smallest absolute Gasteiger partial charge is 0.191 e. The number of halogens is 1. The Bertz CT molecular complexity index is 239. The zero-order valence-electron chi connectivity index (χ0n) is 12.8. The summed E-state index contributed by atoms with van der Waals surface area (Å²) in [7, 11) is 0. The lowest BCUT2D eigenvalue weighted by Gasteiger charge is -2.21. The fraction of sp³-hybridized carbons (Fsp3) is 0.929. The topological polar surface area (TPSA) is 54.9 Å². The van der Waals surface area contributed by atoms with E-state index in [1.807, 2.05) is 0 Å². The number of ether oxygens (including phenoxy) is 2. The van der Waals surface area contributed by atoms with Crippen molar-refractivity contribution in [3.05, 3.63) is 0 Å². The molecule has 0 unspecified atom stereocenters. The SMILES string of the molecule is CCNC(=NCCCOCC1CCOCC1)NCC.I. The number of guanidine groups is 1. The standard InChI is InChI=1S/C14H29N3O2.HI/c1-3-15-14(16-4-2)17-8-5-9-19-12-13-6-10-18-11-7-13;/h13H,3-12H2,1-2H3,(H2,15,16,17);1H. The van der Waals surface area contributed by atoms with Crippen LogP contribution in [0.3, 0.4) is 0 Å². The van der Waals surface area contributed by atoms with Gasteiger partial charge in [0.25, 0.3) is 0 Å². The molecule has 1 saturated heterocycles. The van der Waals surface area contributed by atoms with E-state index in [1.165, 1.54) is 0 Å². The summed E-state index contributed by atoms with van der Waals surface area (Å²) in [6, 6.07) is 0. The predicted molar refractivity (Wildman–Crippen MR) is 94.0 cm³/mol. The van der Waals surface area contributed by atoms with E-state index >= 15 is 0 Å². The Hall–Kier alpha value is -0.0800. The highest BCUT2D eigenvalue weighted by atomic mass is 127. The van der Waals surface area contributed by atoms with Gasteiger partial charge in [0, 0.05) is 46.1 Å². The molecule has 1 heterocycles. The Labute approximate surface area is 140 Å². The maximum atomic E-state index is 5.71. The van der Waals surface area contributed by atoms with Gasteiger partial charge in [-0.25, -0.2) is 0 Å². The summed E-state index contributed by atoms with van der Waals surface area (Å²) in [5.41, 5.74) is 0. The highest BCUT2D eigenvalue weighted by Crippen LogP contribution is 2.14. The second-order valence-corrected chi connectivity index (χ2v) is 4.78. The van der Waals surface area contributed by atoms with Crippen molar-refractivity contribution in [2.75, 3.05) is 46.1 Å². The molecule has 120 valence electrons. The highest BCUT2D eigenvalue weighted by molar-refractivity contribution is 14.0. The summed E-state index contributed by atoms with van der Waals surface area (Å²) in [5.74, 6) is 1.59. The van der Waals surface area contributed by atoms with Gasteiger partial charge in [0.15, 0.2) is 5.96 Å². The summed E-state index contributed by atoms with van der Waals surface area (Å²) in [6.45, 7) is 10.2. The van der Waals surface area contributed by atoms with Crippen LogP contribution in [-0.4, -0.2) is 52.0 Å². The molecule has 0 radical (unpaired) electrons. The van der Waals surface area contributed by atoms with Crippen LogP contribution in [0, 0.1) is 5.92 Å². The molecule has 5 nitrogen and oxygen atoms in total. The van der Waals surface area contributed by atoms with E-state index < -0.39 is 0 Å². The molecule has 20 heavy (non-hydrogen) atoms. The second-order valence-electron chi connectivity index (χ2n) is 4.78. The van der Waals surface area contributed by atoms with Crippen LogP contribution in [0.2, 0.25) is 0 Å². The second kappa shape index (κ2) is 13.9. The van der Waals surface area contributed by atoms with Gasteiger partial charge in [-0.3, -0.25) is 4.99 Å². The molecule has 0 aromatic heterocycles. The van der Waals surface area contributed by atoms with E-state index in [1.54, 1.807) is 0 Å². The van der Waals surface area contributed by atoms with Crippen LogP contribution in [0.5, 0.6) is 0 Å². The average Bonchev–Trinajstić information content (AvgIpc) is 2.44.